The zero-order valence-corrected chi connectivity index (χ0v) is 3.35. The molecule has 0 spiro atoms. The topological polar surface area (TPSA) is 20.1 Å². The Hall–Kier alpha value is -0.530. The third-order valence-electron chi connectivity index (χ3n) is 1.52. The predicted molar refractivity (Wildman–Crippen MR) is 20.1 cm³/mol. The molecule has 2 fully saturated rings. The molecule has 1 unspecified atom stereocenters. The molecule has 2 rings (SSSR count). The highest BCUT2D eigenvalue weighted by Crippen LogP contribution is 2.32. The van der Waals surface area contributed by atoms with Crippen LogP contribution in [0.4, 0.5) is 0 Å². The zero-order chi connectivity index (χ0) is 4.15. The molecule has 0 aromatic heterocycles. The van der Waals surface area contributed by atoms with E-state index in [2.05, 4.69) is 0 Å². The van der Waals surface area contributed by atoms with E-state index in [1.165, 1.54) is 0 Å². The number of rotatable bonds is 0. The molecular weight excluding hydrogens is 78.0 g/mol. The second kappa shape index (κ2) is 0.491. The van der Waals surface area contributed by atoms with E-state index in [1.807, 2.05) is 4.90 Å². The van der Waals surface area contributed by atoms with Crippen molar-refractivity contribution in [3.05, 3.63) is 0 Å². The molecule has 0 radical (unpaired) electrons. The molecule has 0 saturated carbocycles. The molecule has 1 atom stereocenters. The Morgan fingerprint density at radius 2 is 2.50 bits per heavy atom. The van der Waals surface area contributed by atoms with Crippen molar-refractivity contribution in [3.63, 3.8) is 0 Å². The Morgan fingerprint density at radius 3 is 2.50 bits per heavy atom. The Morgan fingerprint density at radius 1 is 1.83 bits per heavy atom. The minimum atomic E-state index is 0.370. The van der Waals surface area contributed by atoms with Crippen molar-refractivity contribution in [2.24, 2.45) is 0 Å². The third-order valence-corrected chi connectivity index (χ3v) is 1.52. The molecule has 2 heteroatoms. The van der Waals surface area contributed by atoms with Crippen molar-refractivity contribution < 1.29 is 4.79 Å². The fourth-order valence-electron chi connectivity index (χ4n) is 0.880. The highest BCUT2D eigenvalue weighted by atomic mass is 16.2. The smallest absolute Gasteiger partial charge is 0.246 e. The monoisotopic (exact) mass is 83.0 g/mol. The number of fused-ring (bicyclic) bond motifs is 1. The molecule has 0 bridgehead atoms. The summed E-state index contributed by atoms with van der Waals surface area (Å²) in [4.78, 5) is 12.1. The molecule has 0 aliphatic carbocycles. The Labute approximate surface area is 35.7 Å². The maximum Gasteiger partial charge on any atom is 0.246 e. The van der Waals surface area contributed by atoms with Gasteiger partial charge in [0.1, 0.15) is 6.04 Å². The average Bonchev–Trinajstić information content (AvgIpc) is 1.63. The zero-order valence-electron chi connectivity index (χ0n) is 3.35. The summed E-state index contributed by atoms with van der Waals surface area (Å²) in [6.07, 6.45) is 1.12. The number of carbonyl (C=O) groups excluding carboxylic acids is 1. The first kappa shape index (κ1) is 2.61. The van der Waals surface area contributed by atoms with Crippen LogP contribution in [0.25, 0.3) is 0 Å². The maximum atomic E-state index is 10.2. The molecule has 0 aromatic carbocycles. The lowest BCUT2D eigenvalue weighted by Gasteiger charge is -2.07. The first-order chi connectivity index (χ1) is 2.89. The van der Waals surface area contributed by atoms with Gasteiger partial charge in [0.2, 0.25) is 5.91 Å². The van der Waals surface area contributed by atoms with Gasteiger partial charge in [0.05, 0.1) is 0 Å². The highest BCUT2D eigenvalue weighted by Gasteiger charge is 2.52. The highest BCUT2D eigenvalue weighted by molar-refractivity contribution is 5.99. The lowest BCUT2D eigenvalue weighted by molar-refractivity contribution is -0.113. The molecule has 0 aromatic rings. The minimum Gasteiger partial charge on any atom is -0.329 e. The van der Waals surface area contributed by atoms with Crippen LogP contribution >= 0.6 is 0 Å². The average molecular weight is 83.1 g/mol. The largest absolute Gasteiger partial charge is 0.329 e. The van der Waals surface area contributed by atoms with Crippen molar-refractivity contribution >= 4 is 5.91 Å². The van der Waals surface area contributed by atoms with Crippen molar-refractivity contribution in [1.29, 1.82) is 0 Å². The molecule has 2 aliphatic rings. The van der Waals surface area contributed by atoms with E-state index in [0.29, 0.717) is 11.9 Å². The molecule has 6 heavy (non-hydrogen) atoms. The van der Waals surface area contributed by atoms with Crippen molar-refractivity contribution in [1.82, 2.24) is 4.90 Å². The van der Waals surface area contributed by atoms with Crippen LogP contribution in [0.3, 0.4) is 0 Å². The molecule has 2 aliphatic heterocycles. The van der Waals surface area contributed by atoms with Crippen LogP contribution in [0.5, 0.6) is 0 Å². The molecule has 0 N–H and O–H groups in total. The van der Waals surface area contributed by atoms with E-state index in [9.17, 15) is 4.79 Å². The van der Waals surface area contributed by atoms with E-state index in [1.54, 1.807) is 0 Å². The van der Waals surface area contributed by atoms with E-state index in [4.69, 9.17) is 0 Å². The van der Waals surface area contributed by atoms with Gasteiger partial charge in [-0.1, -0.05) is 0 Å². The van der Waals surface area contributed by atoms with Gasteiger partial charge in [-0.15, -0.1) is 0 Å². The van der Waals surface area contributed by atoms with Crippen LogP contribution in [0.2, 0.25) is 0 Å². The van der Waals surface area contributed by atoms with Crippen molar-refractivity contribution in [2.75, 3.05) is 6.54 Å². The summed E-state index contributed by atoms with van der Waals surface area (Å²) in [5, 5.41) is 0. The molecular formula is C4H5NO. The summed E-state index contributed by atoms with van der Waals surface area (Å²) in [6.45, 7) is 1.03. The summed E-state index contributed by atoms with van der Waals surface area (Å²) in [7, 11) is 0. The summed E-state index contributed by atoms with van der Waals surface area (Å²) >= 11 is 0. The SMILES string of the molecule is O=C1C2CCN12. The molecule has 32 valence electrons. The predicted octanol–water partition coefficient (Wildman–Crippen LogP) is -0.399. The number of hydrogen-bond acceptors (Lipinski definition) is 1. The number of carbonyl (C=O) groups is 1. The summed E-state index contributed by atoms with van der Waals surface area (Å²) < 4.78 is 0. The fraction of sp³-hybridized carbons (Fsp3) is 0.750. The van der Waals surface area contributed by atoms with Gasteiger partial charge >= 0.3 is 0 Å². The van der Waals surface area contributed by atoms with Gasteiger partial charge in [0.15, 0.2) is 0 Å². The normalized spacial score (nSPS) is 38.3. The number of amides is 1. The second-order valence-corrected chi connectivity index (χ2v) is 1.84. The van der Waals surface area contributed by atoms with Gasteiger partial charge in [-0.2, -0.15) is 0 Å². The molecule has 2 heterocycles. The van der Waals surface area contributed by atoms with Gasteiger partial charge in [-0.3, -0.25) is 4.79 Å². The van der Waals surface area contributed by atoms with E-state index in [0.717, 1.165) is 13.0 Å². The second-order valence-electron chi connectivity index (χ2n) is 1.84. The van der Waals surface area contributed by atoms with Crippen LogP contribution in [0.15, 0.2) is 0 Å². The molecule has 2 saturated heterocycles. The summed E-state index contributed by atoms with van der Waals surface area (Å²) in [6, 6.07) is 0.394. The standard InChI is InChI=1S/C4H5NO/c6-4-3-1-2-5(3)4/h3H,1-2H2. The molecule has 2 nitrogen and oxygen atoms in total. The van der Waals surface area contributed by atoms with Gasteiger partial charge in [0, 0.05) is 6.54 Å². The van der Waals surface area contributed by atoms with Gasteiger partial charge < -0.3 is 4.90 Å². The number of hydrogen-bond donors (Lipinski definition) is 0. The van der Waals surface area contributed by atoms with Gasteiger partial charge in [0.25, 0.3) is 0 Å². The van der Waals surface area contributed by atoms with E-state index in [-0.39, 0.29) is 0 Å². The Bertz CT molecular complexity index is 98.1. The third kappa shape index (κ3) is 0.101. The van der Waals surface area contributed by atoms with Crippen LogP contribution in [0, 0.1) is 0 Å². The minimum absolute atomic E-state index is 0.370. The van der Waals surface area contributed by atoms with Crippen molar-refractivity contribution in [2.45, 2.75) is 12.5 Å². The fourth-order valence-corrected chi connectivity index (χ4v) is 0.880. The van der Waals surface area contributed by atoms with Crippen LogP contribution in [0.1, 0.15) is 6.42 Å². The quantitative estimate of drug-likeness (QED) is 0.365. The number of nitrogens with zero attached hydrogens (tertiary/aromatic N) is 1. The van der Waals surface area contributed by atoms with Crippen LogP contribution < -0.4 is 0 Å². The first-order valence-corrected chi connectivity index (χ1v) is 2.20. The lowest BCUT2D eigenvalue weighted by Crippen LogP contribution is -2.16. The van der Waals surface area contributed by atoms with E-state index < -0.39 is 0 Å². The van der Waals surface area contributed by atoms with Crippen molar-refractivity contribution in [3.8, 4) is 0 Å². The summed E-state index contributed by atoms with van der Waals surface area (Å²) in [5.74, 6) is 0.370. The van der Waals surface area contributed by atoms with Gasteiger partial charge in [-0.25, -0.2) is 0 Å². The van der Waals surface area contributed by atoms with Crippen LogP contribution in [-0.4, -0.2) is 23.4 Å². The van der Waals surface area contributed by atoms with E-state index >= 15 is 0 Å². The summed E-state index contributed by atoms with van der Waals surface area (Å²) in [5.41, 5.74) is 0. The molecule has 1 amide bonds. The maximum absolute atomic E-state index is 10.2. The Kier molecular flexibility index (Phi) is 0.214. The lowest BCUT2D eigenvalue weighted by atomic mass is 10.2. The van der Waals surface area contributed by atoms with Crippen LogP contribution in [-0.2, 0) is 4.79 Å². The van der Waals surface area contributed by atoms with Gasteiger partial charge in [-0.05, 0) is 6.42 Å². The first-order valence-electron chi connectivity index (χ1n) is 2.20. The Balaban J connectivity index is 2.29.